The van der Waals surface area contributed by atoms with Crippen molar-refractivity contribution in [1.82, 2.24) is 14.9 Å². The number of carbonyl (C=O) groups is 1. The molecular weight excluding hydrogens is 316 g/mol. The summed E-state index contributed by atoms with van der Waals surface area (Å²) in [6.07, 6.45) is 7.09. The molecule has 0 fully saturated rings. The Labute approximate surface area is 140 Å². The van der Waals surface area contributed by atoms with E-state index in [-0.39, 0.29) is 6.03 Å². The van der Waals surface area contributed by atoms with Crippen LogP contribution in [0, 0.1) is 0 Å². The third-order valence-electron chi connectivity index (χ3n) is 3.09. The van der Waals surface area contributed by atoms with Gasteiger partial charge in [-0.3, -0.25) is 0 Å². The summed E-state index contributed by atoms with van der Waals surface area (Å²) in [4.78, 5) is 15.9. The average molecular weight is 337 g/mol. The lowest BCUT2D eigenvalue weighted by atomic mass is 10.3. The molecule has 0 bridgehead atoms. The lowest BCUT2D eigenvalue weighted by Crippen LogP contribution is -2.30. The van der Waals surface area contributed by atoms with Gasteiger partial charge in [-0.1, -0.05) is 18.5 Å². The van der Waals surface area contributed by atoms with Gasteiger partial charge in [-0.05, 0) is 31.0 Å². The number of benzene rings is 1. The fourth-order valence-corrected chi connectivity index (χ4v) is 2.16. The van der Waals surface area contributed by atoms with Gasteiger partial charge < -0.3 is 19.9 Å². The van der Waals surface area contributed by atoms with E-state index in [4.69, 9.17) is 16.3 Å². The van der Waals surface area contributed by atoms with E-state index in [1.807, 2.05) is 17.7 Å². The van der Waals surface area contributed by atoms with Gasteiger partial charge >= 0.3 is 6.03 Å². The maximum absolute atomic E-state index is 12.0. The predicted octanol–water partition coefficient (Wildman–Crippen LogP) is 3.54. The molecule has 1 aromatic carbocycles. The number of aryl methyl sites for hydroxylation is 1. The molecule has 0 radical (unpaired) electrons. The second kappa shape index (κ2) is 9.05. The quantitative estimate of drug-likeness (QED) is 0.724. The first-order chi connectivity index (χ1) is 11.2. The van der Waals surface area contributed by atoms with E-state index in [0.717, 1.165) is 19.4 Å². The Morgan fingerprint density at radius 2 is 2.30 bits per heavy atom. The van der Waals surface area contributed by atoms with E-state index in [2.05, 4.69) is 15.6 Å². The van der Waals surface area contributed by atoms with Crippen LogP contribution in [0.25, 0.3) is 0 Å². The van der Waals surface area contributed by atoms with Crippen molar-refractivity contribution in [2.75, 3.05) is 18.5 Å². The average Bonchev–Trinajstić information content (AvgIpc) is 3.04. The van der Waals surface area contributed by atoms with Gasteiger partial charge in [0.05, 0.1) is 18.6 Å². The number of ether oxygens (including phenoxy) is 1. The van der Waals surface area contributed by atoms with E-state index in [9.17, 15) is 4.79 Å². The Morgan fingerprint density at radius 1 is 1.43 bits per heavy atom. The van der Waals surface area contributed by atoms with Gasteiger partial charge in [-0.25, -0.2) is 9.78 Å². The van der Waals surface area contributed by atoms with Crippen molar-refractivity contribution in [3.63, 3.8) is 0 Å². The number of anilines is 1. The molecule has 1 aromatic heterocycles. The Balaban J connectivity index is 1.80. The van der Waals surface area contributed by atoms with E-state index >= 15 is 0 Å². The molecule has 2 N–H and O–H groups in total. The first-order valence-electron chi connectivity index (χ1n) is 7.62. The second-order valence-corrected chi connectivity index (χ2v) is 5.46. The number of nitrogens with zero attached hydrogens (tertiary/aromatic N) is 2. The SMILES string of the molecule is CCCOc1ccc(Cl)cc1NC(=O)NCCCn1ccnc1. The molecule has 0 spiro atoms. The molecule has 0 aliphatic heterocycles. The highest BCUT2D eigenvalue weighted by molar-refractivity contribution is 6.31. The number of hydrogen-bond donors (Lipinski definition) is 2. The van der Waals surface area contributed by atoms with Crippen LogP contribution in [-0.2, 0) is 6.54 Å². The molecule has 0 atom stereocenters. The van der Waals surface area contributed by atoms with Crippen molar-refractivity contribution in [2.45, 2.75) is 26.3 Å². The van der Waals surface area contributed by atoms with Crippen LogP contribution < -0.4 is 15.4 Å². The van der Waals surface area contributed by atoms with Crippen LogP contribution >= 0.6 is 11.6 Å². The molecule has 0 unspecified atom stereocenters. The Bertz CT molecular complexity index is 617. The monoisotopic (exact) mass is 336 g/mol. The van der Waals surface area contributed by atoms with Crippen LogP contribution in [0.15, 0.2) is 36.9 Å². The van der Waals surface area contributed by atoms with Gasteiger partial charge in [0.2, 0.25) is 0 Å². The summed E-state index contributed by atoms with van der Waals surface area (Å²) in [7, 11) is 0. The topological polar surface area (TPSA) is 68.2 Å². The smallest absolute Gasteiger partial charge is 0.319 e. The molecular formula is C16H21ClN4O2. The van der Waals surface area contributed by atoms with Gasteiger partial charge in [0.15, 0.2) is 0 Å². The minimum Gasteiger partial charge on any atom is -0.491 e. The predicted molar refractivity (Wildman–Crippen MR) is 91.1 cm³/mol. The summed E-state index contributed by atoms with van der Waals surface area (Å²) in [6, 6.07) is 4.89. The molecule has 7 heteroatoms. The second-order valence-electron chi connectivity index (χ2n) is 5.02. The standard InChI is InChI=1S/C16H21ClN4O2/c1-2-10-23-15-5-4-13(17)11-14(15)20-16(22)19-6-3-8-21-9-7-18-12-21/h4-5,7,9,11-12H,2-3,6,8,10H2,1H3,(H2,19,20,22). The number of carbonyl (C=O) groups excluding carboxylic acids is 1. The van der Waals surface area contributed by atoms with E-state index in [1.165, 1.54) is 0 Å². The zero-order valence-electron chi connectivity index (χ0n) is 13.1. The summed E-state index contributed by atoms with van der Waals surface area (Å²) in [5.74, 6) is 0.616. The maximum Gasteiger partial charge on any atom is 0.319 e. The van der Waals surface area contributed by atoms with Crippen LogP contribution in [-0.4, -0.2) is 28.7 Å². The molecule has 2 rings (SSSR count). The van der Waals surface area contributed by atoms with Crippen molar-refractivity contribution in [3.8, 4) is 5.75 Å². The van der Waals surface area contributed by atoms with E-state index in [1.54, 1.807) is 30.7 Å². The van der Waals surface area contributed by atoms with E-state index in [0.29, 0.717) is 29.6 Å². The summed E-state index contributed by atoms with van der Waals surface area (Å²) < 4.78 is 7.57. The Hall–Kier alpha value is -2.21. The number of nitrogens with one attached hydrogen (secondary N) is 2. The van der Waals surface area contributed by atoms with Crippen molar-refractivity contribution in [3.05, 3.63) is 41.9 Å². The number of imidazole rings is 1. The number of amides is 2. The largest absolute Gasteiger partial charge is 0.491 e. The van der Waals surface area contributed by atoms with Crippen LogP contribution in [0.3, 0.4) is 0 Å². The van der Waals surface area contributed by atoms with Crippen molar-refractivity contribution >= 4 is 23.3 Å². The zero-order valence-corrected chi connectivity index (χ0v) is 13.8. The number of urea groups is 1. The van der Waals surface area contributed by atoms with Crippen molar-refractivity contribution in [1.29, 1.82) is 0 Å². The Morgan fingerprint density at radius 3 is 3.04 bits per heavy atom. The molecule has 2 amide bonds. The maximum atomic E-state index is 12.0. The van der Waals surface area contributed by atoms with Crippen molar-refractivity contribution < 1.29 is 9.53 Å². The van der Waals surface area contributed by atoms with Crippen molar-refractivity contribution in [2.24, 2.45) is 0 Å². The van der Waals surface area contributed by atoms with Gasteiger partial charge in [0.1, 0.15) is 5.75 Å². The summed E-state index contributed by atoms with van der Waals surface area (Å²) >= 11 is 5.98. The number of halogens is 1. The summed E-state index contributed by atoms with van der Waals surface area (Å²) in [6.45, 7) is 3.98. The summed E-state index contributed by atoms with van der Waals surface area (Å²) in [5, 5.41) is 6.13. The molecule has 0 saturated heterocycles. The van der Waals surface area contributed by atoms with Gasteiger partial charge in [0.25, 0.3) is 0 Å². The van der Waals surface area contributed by atoms with Crippen LogP contribution in [0.5, 0.6) is 5.75 Å². The normalized spacial score (nSPS) is 10.3. The molecule has 0 aliphatic rings. The number of aromatic nitrogens is 2. The van der Waals surface area contributed by atoms with Crippen LogP contribution in [0.4, 0.5) is 10.5 Å². The lowest BCUT2D eigenvalue weighted by molar-refractivity contribution is 0.251. The minimum absolute atomic E-state index is 0.278. The molecule has 0 saturated carbocycles. The fraction of sp³-hybridized carbons (Fsp3) is 0.375. The molecule has 1 heterocycles. The Kier molecular flexibility index (Phi) is 6.75. The fourth-order valence-electron chi connectivity index (χ4n) is 1.99. The van der Waals surface area contributed by atoms with Crippen LogP contribution in [0.1, 0.15) is 19.8 Å². The number of rotatable bonds is 8. The minimum atomic E-state index is -0.278. The van der Waals surface area contributed by atoms with Gasteiger partial charge in [0, 0.05) is 30.5 Å². The molecule has 6 nitrogen and oxygen atoms in total. The number of hydrogen-bond acceptors (Lipinski definition) is 3. The van der Waals surface area contributed by atoms with Crippen LogP contribution in [0.2, 0.25) is 5.02 Å². The molecule has 23 heavy (non-hydrogen) atoms. The highest BCUT2D eigenvalue weighted by atomic mass is 35.5. The highest BCUT2D eigenvalue weighted by Gasteiger charge is 2.08. The first-order valence-corrected chi connectivity index (χ1v) is 7.99. The third-order valence-corrected chi connectivity index (χ3v) is 3.32. The molecule has 124 valence electrons. The lowest BCUT2D eigenvalue weighted by Gasteiger charge is -2.13. The van der Waals surface area contributed by atoms with Gasteiger partial charge in [-0.15, -0.1) is 0 Å². The molecule has 0 aliphatic carbocycles. The third kappa shape index (κ3) is 5.83. The zero-order chi connectivity index (χ0) is 16.5. The molecule has 2 aromatic rings. The van der Waals surface area contributed by atoms with E-state index < -0.39 is 0 Å². The van der Waals surface area contributed by atoms with Gasteiger partial charge in [-0.2, -0.15) is 0 Å². The highest BCUT2D eigenvalue weighted by Crippen LogP contribution is 2.28. The summed E-state index contributed by atoms with van der Waals surface area (Å²) in [5.41, 5.74) is 0.568. The first kappa shape index (κ1) is 17.1.